The molecule has 2 N–H and O–H groups in total. The molecule has 1 amide bonds. The number of anilines is 2. The lowest BCUT2D eigenvalue weighted by molar-refractivity contribution is -0.121. The molecule has 1 fully saturated rings. The molecule has 5 heteroatoms. The van der Waals surface area contributed by atoms with Crippen LogP contribution in [-0.2, 0) is 16.0 Å². The van der Waals surface area contributed by atoms with Crippen LogP contribution < -0.4 is 10.6 Å². The van der Waals surface area contributed by atoms with E-state index >= 15 is 0 Å². The van der Waals surface area contributed by atoms with E-state index in [1.54, 1.807) is 0 Å². The molecule has 0 atom stereocenters. The van der Waals surface area contributed by atoms with Gasteiger partial charge in [-0.25, -0.2) is 0 Å². The Morgan fingerprint density at radius 2 is 1.77 bits per heavy atom. The molecule has 1 aliphatic rings. The Morgan fingerprint density at radius 1 is 1.07 bits per heavy atom. The maximum Gasteiger partial charge on any atom is 0.227 e. The Bertz CT molecular complexity index is 783. The van der Waals surface area contributed by atoms with E-state index in [4.69, 9.17) is 4.74 Å². The number of rotatable bonds is 10. The number of hydrogen-bond donors (Lipinski definition) is 2. The lowest BCUT2D eigenvalue weighted by atomic mass is 9.95. The molecule has 1 saturated heterocycles. The monoisotopic (exact) mass is 409 g/mol. The summed E-state index contributed by atoms with van der Waals surface area (Å²) >= 11 is 0. The Balaban J connectivity index is 1.43. The van der Waals surface area contributed by atoms with Gasteiger partial charge in [0.25, 0.3) is 0 Å². The number of benzene rings is 2. The topological polar surface area (TPSA) is 53.6 Å². The highest BCUT2D eigenvalue weighted by molar-refractivity contribution is 5.95. The lowest BCUT2D eigenvalue weighted by Crippen LogP contribution is -2.39. The van der Waals surface area contributed by atoms with Crippen LogP contribution in [0.15, 0.2) is 48.5 Å². The molecule has 0 aliphatic carbocycles. The second-order valence-electron chi connectivity index (χ2n) is 8.01. The zero-order chi connectivity index (χ0) is 21.2. The number of nitrogens with zero attached hydrogens (tertiary/aromatic N) is 1. The summed E-state index contributed by atoms with van der Waals surface area (Å²) in [4.78, 5) is 15.3. The summed E-state index contributed by atoms with van der Waals surface area (Å²) in [5.74, 6) is 0.212. The van der Waals surface area contributed by atoms with Crippen molar-refractivity contribution in [2.24, 2.45) is 5.92 Å². The Labute approximate surface area is 180 Å². The minimum Gasteiger partial charge on any atom is -0.381 e. The fourth-order valence-electron chi connectivity index (χ4n) is 3.84. The van der Waals surface area contributed by atoms with Crippen LogP contribution in [-0.4, -0.2) is 50.2 Å². The van der Waals surface area contributed by atoms with Crippen molar-refractivity contribution in [2.75, 3.05) is 50.0 Å². The minimum atomic E-state index is 0.0807. The number of aryl methyl sites for hydroxylation is 1. The van der Waals surface area contributed by atoms with Gasteiger partial charge in [-0.1, -0.05) is 42.0 Å². The Hall–Kier alpha value is -2.37. The predicted molar refractivity (Wildman–Crippen MR) is 124 cm³/mol. The maximum atomic E-state index is 12.8. The van der Waals surface area contributed by atoms with Gasteiger partial charge in [-0.3, -0.25) is 4.79 Å². The highest BCUT2D eigenvalue weighted by Crippen LogP contribution is 2.24. The first-order valence-corrected chi connectivity index (χ1v) is 11.1. The van der Waals surface area contributed by atoms with E-state index in [-0.39, 0.29) is 11.8 Å². The Morgan fingerprint density at radius 3 is 2.47 bits per heavy atom. The normalized spacial score (nSPS) is 15.1. The van der Waals surface area contributed by atoms with Crippen molar-refractivity contribution in [3.63, 3.8) is 0 Å². The third-order valence-corrected chi connectivity index (χ3v) is 5.75. The van der Waals surface area contributed by atoms with E-state index in [2.05, 4.69) is 46.7 Å². The molecule has 2 aromatic rings. The summed E-state index contributed by atoms with van der Waals surface area (Å²) in [5, 5.41) is 6.49. The average molecular weight is 410 g/mol. The summed E-state index contributed by atoms with van der Waals surface area (Å²) in [5.41, 5.74) is 4.48. The van der Waals surface area contributed by atoms with Gasteiger partial charge in [0.15, 0.2) is 0 Å². The van der Waals surface area contributed by atoms with Crippen LogP contribution in [0.4, 0.5) is 11.4 Å². The number of nitrogens with one attached hydrogen (secondary N) is 2. The Kier molecular flexibility index (Phi) is 8.72. The molecule has 30 heavy (non-hydrogen) atoms. The first-order chi connectivity index (χ1) is 14.7. The van der Waals surface area contributed by atoms with Gasteiger partial charge in [-0.2, -0.15) is 0 Å². The number of hydrogen-bond acceptors (Lipinski definition) is 4. The minimum absolute atomic E-state index is 0.0807. The van der Waals surface area contributed by atoms with Crippen LogP contribution in [0, 0.1) is 12.8 Å². The average Bonchev–Trinajstić information content (AvgIpc) is 2.78. The van der Waals surface area contributed by atoms with Crippen molar-refractivity contribution in [3.8, 4) is 0 Å². The SMILES string of the molecule is CCOCCNc1ccccc1NC(=O)C1CCN(CCc2ccc(C)cc2)CC1. The van der Waals surface area contributed by atoms with Crippen LogP contribution >= 0.6 is 0 Å². The first kappa shape index (κ1) is 22.3. The molecule has 162 valence electrons. The van der Waals surface area contributed by atoms with Gasteiger partial charge in [0.05, 0.1) is 18.0 Å². The predicted octanol–water partition coefficient (Wildman–Crippen LogP) is 4.34. The van der Waals surface area contributed by atoms with Gasteiger partial charge in [0.1, 0.15) is 0 Å². The second kappa shape index (κ2) is 11.7. The van der Waals surface area contributed by atoms with Gasteiger partial charge < -0.3 is 20.3 Å². The fraction of sp³-hybridized carbons (Fsp3) is 0.480. The summed E-state index contributed by atoms with van der Waals surface area (Å²) in [6, 6.07) is 16.7. The molecule has 0 unspecified atom stereocenters. The van der Waals surface area contributed by atoms with Gasteiger partial charge in [-0.15, -0.1) is 0 Å². The summed E-state index contributed by atoms with van der Waals surface area (Å²) in [6.07, 6.45) is 2.90. The molecule has 0 aromatic heterocycles. The van der Waals surface area contributed by atoms with Gasteiger partial charge in [0.2, 0.25) is 5.91 Å². The number of carbonyl (C=O) groups excluding carboxylic acids is 1. The van der Waals surface area contributed by atoms with Gasteiger partial charge in [0, 0.05) is 25.6 Å². The van der Waals surface area contributed by atoms with Crippen molar-refractivity contribution in [1.29, 1.82) is 0 Å². The largest absolute Gasteiger partial charge is 0.381 e. The third-order valence-electron chi connectivity index (χ3n) is 5.75. The molecule has 0 radical (unpaired) electrons. The second-order valence-corrected chi connectivity index (χ2v) is 8.01. The number of carbonyl (C=O) groups is 1. The number of para-hydroxylation sites is 2. The molecule has 0 spiro atoms. The molecule has 2 aromatic carbocycles. The van der Waals surface area contributed by atoms with Gasteiger partial charge >= 0.3 is 0 Å². The van der Waals surface area contributed by atoms with E-state index in [1.165, 1.54) is 11.1 Å². The summed E-state index contributed by atoms with van der Waals surface area (Å²) in [6.45, 7) is 9.22. The van der Waals surface area contributed by atoms with E-state index < -0.39 is 0 Å². The number of piperidine rings is 1. The molecular weight excluding hydrogens is 374 g/mol. The number of amides is 1. The van der Waals surface area contributed by atoms with Crippen LogP contribution in [0.5, 0.6) is 0 Å². The van der Waals surface area contributed by atoms with E-state index in [0.29, 0.717) is 13.2 Å². The van der Waals surface area contributed by atoms with Gasteiger partial charge in [-0.05, 0) is 63.9 Å². The van der Waals surface area contributed by atoms with Crippen molar-refractivity contribution in [3.05, 3.63) is 59.7 Å². The molecule has 1 heterocycles. The molecule has 5 nitrogen and oxygen atoms in total. The standard InChI is InChI=1S/C25H35N3O2/c1-3-30-19-15-26-23-6-4-5-7-24(23)27-25(29)22-13-17-28(18-14-22)16-12-21-10-8-20(2)9-11-21/h4-11,22,26H,3,12-19H2,1-2H3,(H,27,29). The van der Waals surface area contributed by atoms with Crippen LogP contribution in [0.2, 0.25) is 0 Å². The summed E-state index contributed by atoms with van der Waals surface area (Å²) in [7, 11) is 0. The highest BCUT2D eigenvalue weighted by atomic mass is 16.5. The number of likely N-dealkylation sites (tertiary alicyclic amines) is 1. The first-order valence-electron chi connectivity index (χ1n) is 11.1. The number of ether oxygens (including phenoxy) is 1. The summed E-state index contributed by atoms with van der Waals surface area (Å²) < 4.78 is 5.38. The maximum absolute atomic E-state index is 12.8. The molecule has 3 rings (SSSR count). The fourth-order valence-corrected chi connectivity index (χ4v) is 3.84. The van der Waals surface area contributed by atoms with Crippen molar-refractivity contribution in [2.45, 2.75) is 33.1 Å². The van der Waals surface area contributed by atoms with Crippen LogP contribution in [0.1, 0.15) is 30.9 Å². The van der Waals surface area contributed by atoms with E-state index in [1.807, 2.05) is 31.2 Å². The van der Waals surface area contributed by atoms with Crippen molar-refractivity contribution < 1.29 is 9.53 Å². The van der Waals surface area contributed by atoms with Crippen LogP contribution in [0.25, 0.3) is 0 Å². The van der Waals surface area contributed by atoms with E-state index in [9.17, 15) is 4.79 Å². The molecule has 0 saturated carbocycles. The smallest absolute Gasteiger partial charge is 0.227 e. The van der Waals surface area contributed by atoms with Crippen molar-refractivity contribution >= 4 is 17.3 Å². The molecule has 1 aliphatic heterocycles. The third kappa shape index (κ3) is 6.85. The molecule has 0 bridgehead atoms. The van der Waals surface area contributed by atoms with E-state index in [0.717, 1.165) is 56.8 Å². The zero-order valence-corrected chi connectivity index (χ0v) is 18.3. The van der Waals surface area contributed by atoms with Crippen LogP contribution in [0.3, 0.4) is 0 Å². The molecular formula is C25H35N3O2. The zero-order valence-electron chi connectivity index (χ0n) is 18.3. The lowest BCUT2D eigenvalue weighted by Gasteiger charge is -2.31. The quantitative estimate of drug-likeness (QED) is 0.573. The van der Waals surface area contributed by atoms with Crippen molar-refractivity contribution in [1.82, 2.24) is 4.90 Å². The highest BCUT2D eigenvalue weighted by Gasteiger charge is 2.25.